The Morgan fingerprint density at radius 2 is 1.64 bits per heavy atom. The van der Waals surface area contributed by atoms with E-state index in [-0.39, 0.29) is 11.9 Å². The summed E-state index contributed by atoms with van der Waals surface area (Å²) in [5, 5.41) is 17.0. The van der Waals surface area contributed by atoms with E-state index in [0.717, 1.165) is 22.4 Å². The number of hydrogen-bond donors (Lipinski definition) is 0. The molecule has 1 saturated heterocycles. The van der Waals surface area contributed by atoms with Crippen LogP contribution in [0, 0.1) is 13.8 Å². The molecule has 2 aromatic carbocycles. The van der Waals surface area contributed by atoms with Crippen molar-refractivity contribution in [3.05, 3.63) is 83.4 Å². The summed E-state index contributed by atoms with van der Waals surface area (Å²) >= 11 is 0. The maximum absolute atomic E-state index is 13.7. The van der Waals surface area contributed by atoms with Crippen molar-refractivity contribution in [1.82, 2.24) is 34.9 Å². The molecule has 1 aliphatic heterocycles. The summed E-state index contributed by atoms with van der Waals surface area (Å²) in [6, 6.07) is 11.9. The molecule has 9 nitrogen and oxygen atoms in total. The minimum atomic E-state index is -0.0906. The molecule has 9 heteroatoms. The second-order valence-electron chi connectivity index (χ2n) is 8.21. The van der Waals surface area contributed by atoms with E-state index < -0.39 is 0 Å². The molecule has 33 heavy (non-hydrogen) atoms. The maximum atomic E-state index is 13.7. The van der Waals surface area contributed by atoms with Crippen LogP contribution in [0.5, 0.6) is 0 Å². The highest BCUT2D eigenvalue weighted by Crippen LogP contribution is 2.23. The SMILES string of the molecule is Cc1ccc(C(=O)N2CCOC[C@H]2Cc2ccc(C)c(-n3nccn3)c2)c(-n2nccn2)c1. The number of amides is 1. The fourth-order valence-electron chi connectivity index (χ4n) is 4.18. The molecule has 0 bridgehead atoms. The summed E-state index contributed by atoms with van der Waals surface area (Å²) in [5.41, 5.74) is 5.40. The maximum Gasteiger partial charge on any atom is 0.256 e. The summed E-state index contributed by atoms with van der Waals surface area (Å²) in [4.78, 5) is 18.7. The van der Waals surface area contributed by atoms with Gasteiger partial charge in [-0.25, -0.2) is 0 Å². The monoisotopic (exact) mass is 443 g/mol. The second-order valence-corrected chi connectivity index (χ2v) is 8.21. The molecule has 3 heterocycles. The Kier molecular flexibility index (Phi) is 5.70. The molecule has 0 saturated carbocycles. The lowest BCUT2D eigenvalue weighted by Gasteiger charge is -2.36. The Hall–Kier alpha value is -3.85. The summed E-state index contributed by atoms with van der Waals surface area (Å²) in [7, 11) is 0. The fourth-order valence-corrected chi connectivity index (χ4v) is 4.18. The largest absolute Gasteiger partial charge is 0.377 e. The van der Waals surface area contributed by atoms with Gasteiger partial charge >= 0.3 is 0 Å². The number of aryl methyl sites for hydroxylation is 2. The van der Waals surface area contributed by atoms with E-state index in [1.807, 2.05) is 36.9 Å². The smallest absolute Gasteiger partial charge is 0.256 e. The Morgan fingerprint density at radius 1 is 0.939 bits per heavy atom. The Balaban J connectivity index is 1.44. The first-order valence-electron chi connectivity index (χ1n) is 10.9. The molecule has 1 fully saturated rings. The molecule has 0 aliphatic carbocycles. The predicted octanol–water partition coefficient (Wildman–Crippen LogP) is 2.55. The lowest BCUT2D eigenvalue weighted by molar-refractivity contribution is -0.00165. The number of morpholine rings is 1. The number of carbonyl (C=O) groups excluding carboxylic acids is 1. The van der Waals surface area contributed by atoms with Crippen LogP contribution in [0.25, 0.3) is 11.4 Å². The molecule has 1 amide bonds. The van der Waals surface area contributed by atoms with Gasteiger partial charge in [-0.05, 0) is 55.2 Å². The molecule has 4 aromatic rings. The molecule has 0 unspecified atom stereocenters. The van der Waals surface area contributed by atoms with Gasteiger partial charge in [-0.15, -0.1) is 0 Å². The molecule has 0 spiro atoms. The first kappa shape index (κ1) is 21.0. The van der Waals surface area contributed by atoms with Gasteiger partial charge in [0, 0.05) is 6.54 Å². The van der Waals surface area contributed by atoms with Gasteiger partial charge in [-0.2, -0.15) is 30.0 Å². The summed E-state index contributed by atoms with van der Waals surface area (Å²) in [6.07, 6.45) is 7.21. The van der Waals surface area contributed by atoms with Gasteiger partial charge in [0.25, 0.3) is 5.91 Å². The van der Waals surface area contributed by atoms with E-state index in [2.05, 4.69) is 38.6 Å². The Morgan fingerprint density at radius 3 is 2.36 bits per heavy atom. The highest BCUT2D eigenvalue weighted by atomic mass is 16.5. The highest BCUT2D eigenvalue weighted by Gasteiger charge is 2.30. The van der Waals surface area contributed by atoms with E-state index in [1.165, 1.54) is 4.80 Å². The molecule has 168 valence electrons. The van der Waals surface area contributed by atoms with Crippen LogP contribution in [-0.4, -0.2) is 66.6 Å². The van der Waals surface area contributed by atoms with Crippen molar-refractivity contribution < 1.29 is 9.53 Å². The molecular weight excluding hydrogens is 418 g/mol. The van der Waals surface area contributed by atoms with Crippen molar-refractivity contribution in [2.45, 2.75) is 26.3 Å². The number of aromatic nitrogens is 6. The van der Waals surface area contributed by atoms with Crippen LogP contribution >= 0.6 is 0 Å². The quantitative estimate of drug-likeness (QED) is 0.471. The number of carbonyl (C=O) groups is 1. The van der Waals surface area contributed by atoms with Gasteiger partial charge in [0.05, 0.1) is 61.0 Å². The molecule has 5 rings (SSSR count). The van der Waals surface area contributed by atoms with E-state index in [1.54, 1.807) is 29.6 Å². The normalized spacial score (nSPS) is 16.2. The van der Waals surface area contributed by atoms with Crippen molar-refractivity contribution in [2.24, 2.45) is 0 Å². The fraction of sp³-hybridized carbons (Fsp3) is 0.292. The van der Waals surface area contributed by atoms with Crippen LogP contribution < -0.4 is 0 Å². The first-order chi connectivity index (χ1) is 16.1. The van der Waals surface area contributed by atoms with Gasteiger partial charge in [-0.1, -0.05) is 18.2 Å². The molecule has 1 aliphatic rings. The van der Waals surface area contributed by atoms with E-state index in [0.29, 0.717) is 37.4 Å². The van der Waals surface area contributed by atoms with Gasteiger partial charge in [0.1, 0.15) is 0 Å². The third-order valence-electron chi connectivity index (χ3n) is 5.89. The van der Waals surface area contributed by atoms with Crippen LogP contribution in [0.3, 0.4) is 0 Å². The number of hydrogen-bond acceptors (Lipinski definition) is 6. The van der Waals surface area contributed by atoms with Gasteiger partial charge < -0.3 is 9.64 Å². The second kappa shape index (κ2) is 8.95. The third-order valence-corrected chi connectivity index (χ3v) is 5.89. The van der Waals surface area contributed by atoms with Crippen molar-refractivity contribution in [1.29, 1.82) is 0 Å². The Bertz CT molecular complexity index is 1250. The zero-order chi connectivity index (χ0) is 22.8. The van der Waals surface area contributed by atoms with Gasteiger partial charge in [0.15, 0.2) is 0 Å². The Labute approximate surface area is 191 Å². The molecular formula is C24H25N7O2. The lowest BCUT2D eigenvalue weighted by atomic mass is 10.0. The van der Waals surface area contributed by atoms with Crippen LogP contribution in [0.15, 0.2) is 61.2 Å². The van der Waals surface area contributed by atoms with Crippen LogP contribution in [0.1, 0.15) is 27.0 Å². The average molecular weight is 444 g/mol. The standard InChI is InChI=1S/C24H25N7O2/c1-17-3-6-21(23(13-17)31-27-9-10-28-31)24(32)29-11-12-33-16-20(29)14-19-5-4-18(2)22(15-19)30-25-7-8-26-30/h3-10,13,15,20H,11-12,14,16H2,1-2H3/t20-/m1/s1. The van der Waals surface area contributed by atoms with E-state index in [4.69, 9.17) is 4.74 Å². The van der Waals surface area contributed by atoms with E-state index >= 15 is 0 Å². The summed E-state index contributed by atoms with van der Waals surface area (Å²) in [6.45, 7) is 5.55. The number of ether oxygens (including phenoxy) is 1. The van der Waals surface area contributed by atoms with Crippen molar-refractivity contribution >= 4 is 5.91 Å². The molecule has 2 aromatic heterocycles. The third kappa shape index (κ3) is 4.27. The summed E-state index contributed by atoms with van der Waals surface area (Å²) < 4.78 is 5.76. The minimum absolute atomic E-state index is 0.0447. The van der Waals surface area contributed by atoms with Gasteiger partial charge in [0.2, 0.25) is 0 Å². The van der Waals surface area contributed by atoms with Crippen LogP contribution in [0.4, 0.5) is 0 Å². The zero-order valence-corrected chi connectivity index (χ0v) is 18.6. The summed E-state index contributed by atoms with van der Waals surface area (Å²) in [5.74, 6) is -0.0447. The minimum Gasteiger partial charge on any atom is -0.377 e. The van der Waals surface area contributed by atoms with Gasteiger partial charge in [-0.3, -0.25) is 4.79 Å². The topological polar surface area (TPSA) is 91.0 Å². The lowest BCUT2D eigenvalue weighted by Crippen LogP contribution is -2.50. The molecule has 0 radical (unpaired) electrons. The van der Waals surface area contributed by atoms with E-state index in [9.17, 15) is 4.79 Å². The van der Waals surface area contributed by atoms with Crippen LogP contribution in [-0.2, 0) is 11.2 Å². The molecule has 1 atom stereocenters. The zero-order valence-electron chi connectivity index (χ0n) is 18.6. The first-order valence-corrected chi connectivity index (χ1v) is 10.9. The van der Waals surface area contributed by atoms with Crippen molar-refractivity contribution in [3.63, 3.8) is 0 Å². The number of rotatable bonds is 5. The predicted molar refractivity (Wildman–Crippen MR) is 122 cm³/mol. The van der Waals surface area contributed by atoms with Crippen molar-refractivity contribution in [2.75, 3.05) is 19.8 Å². The highest BCUT2D eigenvalue weighted by molar-refractivity contribution is 5.98. The van der Waals surface area contributed by atoms with Crippen molar-refractivity contribution in [3.8, 4) is 11.4 Å². The average Bonchev–Trinajstić information content (AvgIpc) is 3.55. The van der Waals surface area contributed by atoms with Crippen LogP contribution in [0.2, 0.25) is 0 Å². The molecule has 0 N–H and O–H groups in total. The number of benzene rings is 2. The number of nitrogens with zero attached hydrogens (tertiary/aromatic N) is 7.